The largest absolute Gasteiger partial charge is 0.391 e. The van der Waals surface area contributed by atoms with E-state index in [0.717, 1.165) is 30.0 Å². The molecule has 1 saturated heterocycles. The predicted molar refractivity (Wildman–Crippen MR) is 147 cm³/mol. The number of aliphatic hydroxyl groups is 1. The van der Waals surface area contributed by atoms with Crippen molar-refractivity contribution >= 4 is 40.3 Å². The van der Waals surface area contributed by atoms with Gasteiger partial charge < -0.3 is 30.5 Å². The Kier molecular flexibility index (Phi) is 6.91. The molecule has 0 bridgehead atoms. The Morgan fingerprint density at radius 1 is 0.757 bits per heavy atom. The minimum absolute atomic E-state index is 0.152. The van der Waals surface area contributed by atoms with Crippen LogP contribution in [0.2, 0.25) is 0 Å². The van der Waals surface area contributed by atoms with E-state index in [2.05, 4.69) is 20.9 Å². The summed E-state index contributed by atoms with van der Waals surface area (Å²) in [6.07, 6.45) is 4.09. The molecule has 2 amide bonds. The van der Waals surface area contributed by atoms with Crippen molar-refractivity contribution in [2.45, 2.75) is 12.5 Å². The second-order valence-electron chi connectivity index (χ2n) is 9.19. The van der Waals surface area contributed by atoms with E-state index in [1.54, 1.807) is 24.4 Å². The molecule has 0 spiro atoms. The highest BCUT2D eigenvalue weighted by Crippen LogP contribution is 2.23. The average molecular weight is 496 g/mol. The number of nitrogens with one attached hydrogen (secondary N) is 3. The van der Waals surface area contributed by atoms with Crippen LogP contribution < -0.4 is 20.9 Å². The fourth-order valence-electron chi connectivity index (χ4n) is 4.28. The lowest BCUT2D eigenvalue weighted by molar-refractivity contribution is 0.101. The lowest BCUT2D eigenvalue weighted by Crippen LogP contribution is -2.21. The molecule has 0 radical (unpaired) electrons. The third-order valence-corrected chi connectivity index (χ3v) is 6.33. The number of aryl methyl sites for hydroxylation is 1. The van der Waals surface area contributed by atoms with Crippen LogP contribution in [0.4, 0.5) is 28.4 Å². The van der Waals surface area contributed by atoms with E-state index in [9.17, 15) is 14.7 Å². The SMILES string of the molecule is Cn1ccc(C(=O)Nc2ccc(Nc3ccc(NC(=O)c4ccc(N5CCC(O)C5)cc4)cc3)cc2)c1. The van der Waals surface area contributed by atoms with Crippen molar-refractivity contribution in [2.24, 2.45) is 7.05 Å². The molecule has 1 aromatic heterocycles. The summed E-state index contributed by atoms with van der Waals surface area (Å²) in [4.78, 5) is 27.1. The van der Waals surface area contributed by atoms with Crippen molar-refractivity contribution in [2.75, 3.05) is 33.9 Å². The molecule has 1 aliphatic heterocycles. The topological polar surface area (TPSA) is 98.6 Å². The summed E-state index contributed by atoms with van der Waals surface area (Å²) >= 11 is 0. The molecular weight excluding hydrogens is 466 g/mol. The first-order valence-corrected chi connectivity index (χ1v) is 12.2. The summed E-state index contributed by atoms with van der Waals surface area (Å²) < 4.78 is 1.83. The van der Waals surface area contributed by atoms with Gasteiger partial charge in [0, 0.05) is 66.5 Å². The molecule has 5 rings (SSSR count). The van der Waals surface area contributed by atoms with Gasteiger partial charge in [-0.25, -0.2) is 0 Å². The molecule has 1 fully saturated rings. The van der Waals surface area contributed by atoms with Crippen LogP contribution >= 0.6 is 0 Å². The number of nitrogens with zero attached hydrogens (tertiary/aromatic N) is 2. The number of rotatable bonds is 7. The number of aliphatic hydroxyl groups excluding tert-OH is 1. The van der Waals surface area contributed by atoms with E-state index in [1.807, 2.05) is 78.5 Å². The third-order valence-electron chi connectivity index (χ3n) is 6.33. The number of amides is 2. The van der Waals surface area contributed by atoms with Crippen LogP contribution in [0.25, 0.3) is 0 Å². The molecule has 3 aromatic carbocycles. The monoisotopic (exact) mass is 495 g/mol. The highest BCUT2D eigenvalue weighted by Gasteiger charge is 2.20. The van der Waals surface area contributed by atoms with Crippen molar-refractivity contribution in [1.82, 2.24) is 4.57 Å². The van der Waals surface area contributed by atoms with Crippen LogP contribution in [-0.4, -0.2) is 40.7 Å². The first-order valence-electron chi connectivity index (χ1n) is 12.2. The van der Waals surface area contributed by atoms with Gasteiger partial charge in [-0.2, -0.15) is 0 Å². The molecule has 0 saturated carbocycles. The third kappa shape index (κ3) is 5.99. The quantitative estimate of drug-likeness (QED) is 0.294. The lowest BCUT2D eigenvalue weighted by atomic mass is 10.1. The maximum atomic E-state index is 12.7. The number of carbonyl (C=O) groups excluding carboxylic acids is 2. The van der Waals surface area contributed by atoms with E-state index in [1.165, 1.54) is 0 Å². The van der Waals surface area contributed by atoms with Gasteiger partial charge in [-0.1, -0.05) is 0 Å². The maximum Gasteiger partial charge on any atom is 0.257 e. The van der Waals surface area contributed by atoms with Crippen molar-refractivity contribution in [3.8, 4) is 0 Å². The summed E-state index contributed by atoms with van der Waals surface area (Å²) in [6, 6.07) is 24.1. The van der Waals surface area contributed by atoms with E-state index in [-0.39, 0.29) is 17.9 Å². The zero-order chi connectivity index (χ0) is 25.8. The van der Waals surface area contributed by atoms with Crippen molar-refractivity contribution in [3.05, 3.63) is 102 Å². The number of hydrogen-bond donors (Lipinski definition) is 4. The number of hydrogen-bond acceptors (Lipinski definition) is 5. The molecule has 8 nitrogen and oxygen atoms in total. The Hall–Kier alpha value is -4.56. The molecule has 4 N–H and O–H groups in total. The molecule has 4 aromatic rings. The van der Waals surface area contributed by atoms with Gasteiger partial charge in [0.05, 0.1) is 11.7 Å². The maximum absolute atomic E-state index is 12.7. The van der Waals surface area contributed by atoms with Gasteiger partial charge in [0.25, 0.3) is 11.8 Å². The van der Waals surface area contributed by atoms with Gasteiger partial charge in [0.15, 0.2) is 0 Å². The highest BCUT2D eigenvalue weighted by atomic mass is 16.3. The van der Waals surface area contributed by atoms with E-state index in [0.29, 0.717) is 29.0 Å². The average Bonchev–Trinajstić information content (AvgIpc) is 3.55. The van der Waals surface area contributed by atoms with Crippen LogP contribution in [0.15, 0.2) is 91.3 Å². The molecule has 1 aliphatic rings. The number of anilines is 5. The van der Waals surface area contributed by atoms with Gasteiger partial charge >= 0.3 is 0 Å². The fraction of sp³-hybridized carbons (Fsp3) is 0.172. The van der Waals surface area contributed by atoms with Gasteiger partial charge in [0.1, 0.15) is 0 Å². The van der Waals surface area contributed by atoms with E-state index >= 15 is 0 Å². The Bertz CT molecular complexity index is 1380. The normalized spacial score (nSPS) is 14.9. The van der Waals surface area contributed by atoms with Gasteiger partial charge in [-0.05, 0) is 85.3 Å². The van der Waals surface area contributed by atoms with Crippen LogP contribution in [-0.2, 0) is 7.05 Å². The Morgan fingerprint density at radius 2 is 1.30 bits per heavy atom. The summed E-state index contributed by atoms with van der Waals surface area (Å²) in [5.41, 5.74) is 5.35. The molecule has 8 heteroatoms. The summed E-state index contributed by atoms with van der Waals surface area (Å²) in [5.74, 6) is -0.330. The zero-order valence-corrected chi connectivity index (χ0v) is 20.5. The number of benzene rings is 3. The Labute approximate surface area is 215 Å². The second kappa shape index (κ2) is 10.6. The minimum Gasteiger partial charge on any atom is -0.391 e. The van der Waals surface area contributed by atoms with Crippen LogP contribution in [0.1, 0.15) is 27.1 Å². The standard InChI is InChI=1S/C29H29N5O3/c1-33-16-14-21(18-33)29(37)32-25-10-6-23(7-11-25)30-22-4-8-24(9-5-22)31-28(36)20-2-12-26(13-3-20)34-17-15-27(35)19-34/h2-14,16,18,27,30,35H,15,17,19H2,1H3,(H,31,36)(H,32,37). The molecule has 188 valence electrons. The zero-order valence-electron chi connectivity index (χ0n) is 20.5. The Morgan fingerprint density at radius 3 is 1.78 bits per heavy atom. The van der Waals surface area contributed by atoms with E-state index < -0.39 is 0 Å². The smallest absolute Gasteiger partial charge is 0.257 e. The molecule has 37 heavy (non-hydrogen) atoms. The second-order valence-corrected chi connectivity index (χ2v) is 9.19. The van der Waals surface area contributed by atoms with Crippen molar-refractivity contribution in [3.63, 3.8) is 0 Å². The van der Waals surface area contributed by atoms with Crippen molar-refractivity contribution < 1.29 is 14.7 Å². The summed E-state index contributed by atoms with van der Waals surface area (Å²) in [7, 11) is 1.87. The van der Waals surface area contributed by atoms with Gasteiger partial charge in [-0.15, -0.1) is 0 Å². The molecule has 1 atom stereocenters. The predicted octanol–water partition coefficient (Wildman–Crippen LogP) is 4.84. The Balaban J connectivity index is 1.14. The number of carbonyl (C=O) groups is 2. The fourth-order valence-corrected chi connectivity index (χ4v) is 4.28. The van der Waals surface area contributed by atoms with Crippen LogP contribution in [0.3, 0.4) is 0 Å². The molecule has 0 aliphatic carbocycles. The molecular formula is C29H29N5O3. The lowest BCUT2D eigenvalue weighted by Gasteiger charge is -2.18. The summed E-state index contributed by atoms with van der Waals surface area (Å²) in [5, 5.41) is 18.8. The van der Waals surface area contributed by atoms with Gasteiger partial charge in [-0.3, -0.25) is 9.59 Å². The summed E-state index contributed by atoms with van der Waals surface area (Å²) in [6.45, 7) is 1.45. The number of aromatic nitrogens is 1. The first-order chi connectivity index (χ1) is 17.9. The van der Waals surface area contributed by atoms with Crippen LogP contribution in [0, 0.1) is 0 Å². The first kappa shape index (κ1) is 24.1. The van der Waals surface area contributed by atoms with Gasteiger partial charge in [0.2, 0.25) is 0 Å². The van der Waals surface area contributed by atoms with Crippen molar-refractivity contribution in [1.29, 1.82) is 0 Å². The molecule has 2 heterocycles. The number of β-amino-alcohol motifs (C(OH)–C–C–N with tert-alkyl or cyclic N) is 1. The van der Waals surface area contributed by atoms with E-state index in [4.69, 9.17) is 0 Å². The molecule has 1 unspecified atom stereocenters. The van der Waals surface area contributed by atoms with Crippen LogP contribution in [0.5, 0.6) is 0 Å². The minimum atomic E-state index is -0.285. The highest BCUT2D eigenvalue weighted by molar-refractivity contribution is 6.05.